The zero-order valence-corrected chi connectivity index (χ0v) is 11.8. The quantitative estimate of drug-likeness (QED) is 0.857. The van der Waals surface area contributed by atoms with Crippen molar-refractivity contribution in [2.24, 2.45) is 11.8 Å². The maximum absolute atomic E-state index is 11.1. The minimum Gasteiger partial charge on any atom is -0.481 e. The third kappa shape index (κ3) is 3.35. The van der Waals surface area contributed by atoms with E-state index >= 15 is 0 Å². The number of aliphatic carboxylic acids is 1. The monoisotopic (exact) mass is 261 g/mol. The molecule has 1 aromatic carbocycles. The average Bonchev–Trinajstić information content (AvgIpc) is 2.83. The SMILES string of the molecule is Cc1cccc(CNCC2CCCC2C(=O)O)c1C. The molecule has 0 amide bonds. The molecule has 1 saturated carbocycles. The van der Waals surface area contributed by atoms with Crippen molar-refractivity contribution in [3.8, 4) is 0 Å². The maximum Gasteiger partial charge on any atom is 0.306 e. The van der Waals surface area contributed by atoms with Gasteiger partial charge in [-0.15, -0.1) is 0 Å². The second-order valence-electron chi connectivity index (χ2n) is 5.63. The summed E-state index contributed by atoms with van der Waals surface area (Å²) in [6.07, 6.45) is 2.93. The zero-order chi connectivity index (χ0) is 13.8. The molecule has 2 rings (SSSR count). The van der Waals surface area contributed by atoms with Crippen molar-refractivity contribution in [3.05, 3.63) is 34.9 Å². The van der Waals surface area contributed by atoms with Crippen LogP contribution < -0.4 is 5.32 Å². The van der Waals surface area contributed by atoms with Gasteiger partial charge in [0.1, 0.15) is 0 Å². The fraction of sp³-hybridized carbons (Fsp3) is 0.562. The van der Waals surface area contributed by atoms with Crippen LogP contribution in [0.25, 0.3) is 0 Å². The molecule has 3 heteroatoms. The smallest absolute Gasteiger partial charge is 0.306 e. The third-order valence-corrected chi connectivity index (χ3v) is 4.42. The van der Waals surface area contributed by atoms with Gasteiger partial charge in [0.15, 0.2) is 0 Å². The zero-order valence-electron chi connectivity index (χ0n) is 11.8. The van der Waals surface area contributed by atoms with E-state index in [0.29, 0.717) is 5.92 Å². The summed E-state index contributed by atoms with van der Waals surface area (Å²) < 4.78 is 0. The topological polar surface area (TPSA) is 49.3 Å². The number of nitrogens with one attached hydrogen (secondary N) is 1. The van der Waals surface area contributed by atoms with Crippen molar-refractivity contribution in [2.45, 2.75) is 39.7 Å². The normalized spacial score (nSPS) is 22.6. The molecule has 0 saturated heterocycles. The number of benzene rings is 1. The van der Waals surface area contributed by atoms with Crippen molar-refractivity contribution in [1.29, 1.82) is 0 Å². The molecule has 104 valence electrons. The molecule has 0 heterocycles. The second kappa shape index (κ2) is 6.20. The summed E-state index contributed by atoms with van der Waals surface area (Å²) in [5.74, 6) is -0.482. The van der Waals surface area contributed by atoms with E-state index < -0.39 is 5.97 Å². The predicted molar refractivity (Wildman–Crippen MR) is 76.1 cm³/mol. The first-order chi connectivity index (χ1) is 9.09. The van der Waals surface area contributed by atoms with Gasteiger partial charge in [-0.05, 0) is 55.8 Å². The lowest BCUT2D eigenvalue weighted by molar-refractivity contribution is -0.142. The second-order valence-corrected chi connectivity index (χ2v) is 5.63. The van der Waals surface area contributed by atoms with Crippen LogP contribution in [-0.2, 0) is 11.3 Å². The molecular formula is C16H23NO2. The van der Waals surface area contributed by atoms with Crippen molar-refractivity contribution in [1.82, 2.24) is 5.32 Å². The van der Waals surface area contributed by atoms with Crippen LogP contribution in [0.3, 0.4) is 0 Å². The van der Waals surface area contributed by atoms with Crippen LogP contribution in [0.2, 0.25) is 0 Å². The van der Waals surface area contributed by atoms with E-state index in [1.54, 1.807) is 0 Å². The lowest BCUT2D eigenvalue weighted by Gasteiger charge is -2.17. The van der Waals surface area contributed by atoms with E-state index in [1.807, 2.05) is 0 Å². The van der Waals surface area contributed by atoms with E-state index in [1.165, 1.54) is 16.7 Å². The van der Waals surface area contributed by atoms with Gasteiger partial charge in [-0.25, -0.2) is 0 Å². The summed E-state index contributed by atoms with van der Waals surface area (Å²) in [7, 11) is 0. The van der Waals surface area contributed by atoms with Crippen molar-refractivity contribution < 1.29 is 9.90 Å². The van der Waals surface area contributed by atoms with Gasteiger partial charge < -0.3 is 10.4 Å². The molecule has 1 fully saturated rings. The molecule has 2 N–H and O–H groups in total. The Hall–Kier alpha value is -1.35. The van der Waals surface area contributed by atoms with E-state index in [4.69, 9.17) is 5.11 Å². The first-order valence-electron chi connectivity index (χ1n) is 7.08. The molecule has 1 aliphatic carbocycles. The Balaban J connectivity index is 1.86. The largest absolute Gasteiger partial charge is 0.481 e. The molecule has 0 spiro atoms. The Morgan fingerprint density at radius 3 is 2.89 bits per heavy atom. The molecule has 0 aliphatic heterocycles. The molecule has 3 nitrogen and oxygen atoms in total. The molecule has 2 atom stereocenters. The molecule has 0 aromatic heterocycles. The fourth-order valence-corrected chi connectivity index (χ4v) is 3.00. The van der Waals surface area contributed by atoms with Crippen LogP contribution in [0.4, 0.5) is 0 Å². The molecule has 2 unspecified atom stereocenters. The standard InChI is InChI=1S/C16H23NO2/c1-11-5-3-6-13(12(11)2)9-17-10-14-7-4-8-15(14)16(18)19/h3,5-6,14-15,17H,4,7-10H2,1-2H3,(H,18,19). The number of hydrogen-bond acceptors (Lipinski definition) is 2. The third-order valence-electron chi connectivity index (χ3n) is 4.42. The Kier molecular flexibility index (Phi) is 4.59. The van der Waals surface area contributed by atoms with E-state index in [9.17, 15) is 4.79 Å². The first kappa shape index (κ1) is 14.1. The van der Waals surface area contributed by atoms with E-state index in [2.05, 4.69) is 37.4 Å². The Morgan fingerprint density at radius 1 is 1.37 bits per heavy atom. The van der Waals surface area contributed by atoms with Crippen LogP contribution in [-0.4, -0.2) is 17.6 Å². The van der Waals surface area contributed by atoms with Crippen molar-refractivity contribution >= 4 is 5.97 Å². The molecular weight excluding hydrogens is 238 g/mol. The molecule has 19 heavy (non-hydrogen) atoms. The summed E-state index contributed by atoms with van der Waals surface area (Å²) in [4.78, 5) is 11.1. The highest BCUT2D eigenvalue weighted by Crippen LogP contribution is 2.31. The molecule has 0 radical (unpaired) electrons. The highest BCUT2D eigenvalue weighted by atomic mass is 16.4. The van der Waals surface area contributed by atoms with Gasteiger partial charge in [0.25, 0.3) is 0 Å². The van der Waals surface area contributed by atoms with Gasteiger partial charge in [0.2, 0.25) is 0 Å². The summed E-state index contributed by atoms with van der Waals surface area (Å²) in [6.45, 7) is 5.90. The lowest BCUT2D eigenvalue weighted by atomic mass is 9.96. The Morgan fingerprint density at radius 2 is 2.16 bits per heavy atom. The van der Waals surface area contributed by atoms with Crippen LogP contribution in [0.1, 0.15) is 36.0 Å². The van der Waals surface area contributed by atoms with Gasteiger partial charge in [-0.1, -0.05) is 24.6 Å². The number of hydrogen-bond donors (Lipinski definition) is 2. The minimum absolute atomic E-state index is 0.147. The summed E-state index contributed by atoms with van der Waals surface area (Å²) >= 11 is 0. The van der Waals surface area contributed by atoms with E-state index in [0.717, 1.165) is 32.4 Å². The van der Waals surface area contributed by atoms with Crippen LogP contribution >= 0.6 is 0 Å². The fourth-order valence-electron chi connectivity index (χ4n) is 3.00. The first-order valence-corrected chi connectivity index (χ1v) is 7.08. The summed E-state index contributed by atoms with van der Waals surface area (Å²) in [6, 6.07) is 6.34. The Bertz CT molecular complexity index is 456. The number of aryl methyl sites for hydroxylation is 1. The van der Waals surface area contributed by atoms with Gasteiger partial charge in [-0.2, -0.15) is 0 Å². The van der Waals surface area contributed by atoms with Crippen molar-refractivity contribution in [3.63, 3.8) is 0 Å². The van der Waals surface area contributed by atoms with Crippen LogP contribution in [0.15, 0.2) is 18.2 Å². The summed E-state index contributed by atoms with van der Waals surface area (Å²) in [5.41, 5.74) is 3.95. The van der Waals surface area contributed by atoms with Gasteiger partial charge in [0.05, 0.1) is 5.92 Å². The number of rotatable bonds is 5. The lowest BCUT2D eigenvalue weighted by Crippen LogP contribution is -2.28. The minimum atomic E-state index is -0.629. The maximum atomic E-state index is 11.1. The van der Waals surface area contributed by atoms with Gasteiger partial charge in [-0.3, -0.25) is 4.79 Å². The highest BCUT2D eigenvalue weighted by molar-refractivity contribution is 5.70. The predicted octanol–water partition coefficient (Wildman–Crippen LogP) is 2.89. The van der Waals surface area contributed by atoms with Crippen LogP contribution in [0.5, 0.6) is 0 Å². The number of carboxylic acids is 1. The number of carboxylic acid groups (broad SMARTS) is 1. The molecule has 1 aliphatic rings. The van der Waals surface area contributed by atoms with Crippen molar-refractivity contribution in [2.75, 3.05) is 6.54 Å². The van der Waals surface area contributed by atoms with E-state index in [-0.39, 0.29) is 5.92 Å². The van der Waals surface area contributed by atoms with Crippen LogP contribution in [0, 0.1) is 25.7 Å². The average molecular weight is 261 g/mol. The number of carbonyl (C=O) groups is 1. The van der Waals surface area contributed by atoms with Gasteiger partial charge >= 0.3 is 5.97 Å². The molecule has 1 aromatic rings. The Labute approximate surface area is 115 Å². The summed E-state index contributed by atoms with van der Waals surface area (Å²) in [5, 5.41) is 12.6. The van der Waals surface area contributed by atoms with Gasteiger partial charge in [0, 0.05) is 6.54 Å². The molecule has 0 bridgehead atoms. The highest BCUT2D eigenvalue weighted by Gasteiger charge is 2.32.